The molecule has 1 atom stereocenters. The molecule has 2 amide bonds. The Labute approximate surface area is 135 Å². The standard InChI is InChI=1S/C13H12Cl2N2O3S/c1-7(12(18)16-6-8-3-2-4-20-8)17-13(19)9-5-10(14)21-11(9)15/h2-5,7H,6H2,1H3,(H,16,18)(H,17,19)/t7-/m1/s1. The van der Waals surface area contributed by atoms with Crippen molar-refractivity contribution < 1.29 is 14.0 Å². The molecule has 112 valence electrons. The fourth-order valence-corrected chi connectivity index (χ4v) is 3.03. The smallest absolute Gasteiger partial charge is 0.254 e. The van der Waals surface area contributed by atoms with E-state index in [-0.39, 0.29) is 18.0 Å². The molecule has 0 aliphatic heterocycles. The van der Waals surface area contributed by atoms with Crippen molar-refractivity contribution in [1.82, 2.24) is 10.6 Å². The third-order valence-electron chi connectivity index (χ3n) is 2.66. The Morgan fingerprint density at radius 2 is 2.19 bits per heavy atom. The van der Waals surface area contributed by atoms with Gasteiger partial charge in [-0.2, -0.15) is 0 Å². The van der Waals surface area contributed by atoms with Crippen LogP contribution in [0.4, 0.5) is 0 Å². The van der Waals surface area contributed by atoms with Crippen molar-refractivity contribution in [3.8, 4) is 0 Å². The van der Waals surface area contributed by atoms with E-state index in [1.807, 2.05) is 0 Å². The molecule has 8 heteroatoms. The van der Waals surface area contributed by atoms with E-state index in [0.29, 0.717) is 14.4 Å². The van der Waals surface area contributed by atoms with Crippen LogP contribution >= 0.6 is 34.5 Å². The Morgan fingerprint density at radius 1 is 1.43 bits per heavy atom. The molecular weight excluding hydrogens is 335 g/mol. The van der Waals surface area contributed by atoms with Crippen LogP contribution in [0.5, 0.6) is 0 Å². The van der Waals surface area contributed by atoms with Gasteiger partial charge in [0.15, 0.2) is 0 Å². The first kappa shape index (κ1) is 15.9. The monoisotopic (exact) mass is 346 g/mol. The molecule has 0 radical (unpaired) electrons. The molecule has 0 fully saturated rings. The number of carbonyl (C=O) groups excluding carboxylic acids is 2. The number of rotatable bonds is 5. The van der Waals surface area contributed by atoms with Gasteiger partial charge in [-0.3, -0.25) is 9.59 Å². The van der Waals surface area contributed by atoms with Gasteiger partial charge in [-0.15, -0.1) is 11.3 Å². The van der Waals surface area contributed by atoms with Crippen LogP contribution in [0.15, 0.2) is 28.9 Å². The van der Waals surface area contributed by atoms with Crippen molar-refractivity contribution in [2.24, 2.45) is 0 Å². The molecule has 0 aliphatic rings. The van der Waals surface area contributed by atoms with Crippen LogP contribution in [-0.2, 0) is 11.3 Å². The lowest BCUT2D eigenvalue weighted by atomic mass is 10.2. The summed E-state index contributed by atoms with van der Waals surface area (Å²) in [5.41, 5.74) is 0.261. The minimum absolute atomic E-state index is 0.261. The summed E-state index contributed by atoms with van der Waals surface area (Å²) in [6.45, 7) is 1.84. The van der Waals surface area contributed by atoms with E-state index >= 15 is 0 Å². The van der Waals surface area contributed by atoms with Gasteiger partial charge in [-0.05, 0) is 25.1 Å². The van der Waals surface area contributed by atoms with Gasteiger partial charge in [0, 0.05) is 0 Å². The number of furan rings is 1. The number of carbonyl (C=O) groups is 2. The SMILES string of the molecule is C[C@@H](NC(=O)c1cc(Cl)sc1Cl)C(=O)NCc1ccco1. The summed E-state index contributed by atoms with van der Waals surface area (Å²) in [5, 5.41) is 5.22. The van der Waals surface area contributed by atoms with Crippen LogP contribution in [0, 0.1) is 0 Å². The van der Waals surface area contributed by atoms with Crippen LogP contribution in [0.1, 0.15) is 23.0 Å². The molecule has 0 spiro atoms. The van der Waals surface area contributed by atoms with Gasteiger partial charge in [0.05, 0.1) is 22.7 Å². The van der Waals surface area contributed by atoms with E-state index < -0.39 is 11.9 Å². The maximum atomic E-state index is 12.0. The highest BCUT2D eigenvalue weighted by Gasteiger charge is 2.20. The zero-order valence-corrected chi connectivity index (χ0v) is 13.3. The van der Waals surface area contributed by atoms with Gasteiger partial charge in [-0.1, -0.05) is 23.2 Å². The lowest BCUT2D eigenvalue weighted by molar-refractivity contribution is -0.122. The van der Waals surface area contributed by atoms with Crippen molar-refractivity contribution in [3.05, 3.63) is 44.5 Å². The average molecular weight is 347 g/mol. The number of nitrogens with one attached hydrogen (secondary N) is 2. The zero-order chi connectivity index (χ0) is 15.4. The number of halogens is 2. The van der Waals surface area contributed by atoms with Gasteiger partial charge in [-0.25, -0.2) is 0 Å². The molecular formula is C13H12Cl2N2O3S. The van der Waals surface area contributed by atoms with E-state index in [4.69, 9.17) is 27.6 Å². The normalized spacial score (nSPS) is 12.0. The maximum Gasteiger partial charge on any atom is 0.254 e. The predicted octanol–water partition coefficient (Wildman–Crippen LogP) is 3.08. The second-order valence-electron chi connectivity index (χ2n) is 4.23. The highest BCUT2D eigenvalue weighted by atomic mass is 35.5. The van der Waals surface area contributed by atoms with Gasteiger partial charge < -0.3 is 15.1 Å². The van der Waals surface area contributed by atoms with Crippen molar-refractivity contribution >= 4 is 46.4 Å². The lowest BCUT2D eigenvalue weighted by Gasteiger charge is -2.13. The predicted molar refractivity (Wildman–Crippen MR) is 81.8 cm³/mol. The van der Waals surface area contributed by atoms with Crippen molar-refractivity contribution in [3.63, 3.8) is 0 Å². The van der Waals surface area contributed by atoms with Crippen LogP contribution in [-0.4, -0.2) is 17.9 Å². The van der Waals surface area contributed by atoms with Gasteiger partial charge in [0.2, 0.25) is 5.91 Å². The summed E-state index contributed by atoms with van der Waals surface area (Å²) in [5.74, 6) is -0.129. The van der Waals surface area contributed by atoms with E-state index in [1.165, 1.54) is 12.3 Å². The molecule has 0 saturated heterocycles. The summed E-state index contributed by atoms with van der Waals surface area (Å²) in [6.07, 6.45) is 1.52. The molecule has 0 saturated carbocycles. The van der Waals surface area contributed by atoms with Crippen LogP contribution < -0.4 is 10.6 Å². The molecule has 0 unspecified atom stereocenters. The molecule has 2 rings (SSSR count). The molecule has 21 heavy (non-hydrogen) atoms. The van der Waals surface area contributed by atoms with Crippen molar-refractivity contribution in [1.29, 1.82) is 0 Å². The third-order valence-corrected chi connectivity index (χ3v) is 4.15. The Kier molecular flexibility index (Phi) is 5.27. The molecule has 5 nitrogen and oxygen atoms in total. The molecule has 0 aliphatic carbocycles. The van der Waals surface area contributed by atoms with E-state index in [0.717, 1.165) is 11.3 Å². The first-order valence-electron chi connectivity index (χ1n) is 6.03. The molecule has 2 N–H and O–H groups in total. The van der Waals surface area contributed by atoms with Gasteiger partial charge >= 0.3 is 0 Å². The fraction of sp³-hybridized carbons (Fsp3) is 0.231. The van der Waals surface area contributed by atoms with Crippen molar-refractivity contribution in [2.45, 2.75) is 19.5 Å². The molecule has 0 aromatic carbocycles. The second-order valence-corrected chi connectivity index (χ2v) is 6.52. The summed E-state index contributed by atoms with van der Waals surface area (Å²) in [4.78, 5) is 23.9. The highest BCUT2D eigenvalue weighted by Crippen LogP contribution is 2.30. The molecule has 0 bridgehead atoms. The van der Waals surface area contributed by atoms with Crippen LogP contribution in [0.2, 0.25) is 8.67 Å². The molecule has 2 aromatic rings. The van der Waals surface area contributed by atoms with E-state index in [2.05, 4.69) is 10.6 Å². The Balaban J connectivity index is 1.88. The van der Waals surface area contributed by atoms with Gasteiger partial charge in [0.1, 0.15) is 16.1 Å². The second kappa shape index (κ2) is 6.98. The maximum absolute atomic E-state index is 12.0. The number of amides is 2. The Morgan fingerprint density at radius 3 is 2.76 bits per heavy atom. The number of hydrogen-bond acceptors (Lipinski definition) is 4. The number of hydrogen-bond donors (Lipinski definition) is 2. The summed E-state index contributed by atoms with van der Waals surface area (Å²) in [6, 6.07) is 4.24. The van der Waals surface area contributed by atoms with Crippen LogP contribution in [0.3, 0.4) is 0 Å². The summed E-state index contributed by atoms with van der Waals surface area (Å²) in [7, 11) is 0. The third kappa shape index (κ3) is 4.23. The minimum Gasteiger partial charge on any atom is -0.467 e. The van der Waals surface area contributed by atoms with Crippen molar-refractivity contribution in [2.75, 3.05) is 0 Å². The van der Waals surface area contributed by atoms with E-state index in [1.54, 1.807) is 19.1 Å². The Bertz CT molecular complexity index is 640. The first-order valence-corrected chi connectivity index (χ1v) is 7.60. The first-order chi connectivity index (χ1) is 9.97. The van der Waals surface area contributed by atoms with E-state index in [9.17, 15) is 9.59 Å². The lowest BCUT2D eigenvalue weighted by Crippen LogP contribution is -2.44. The molecule has 2 heterocycles. The summed E-state index contributed by atoms with van der Waals surface area (Å²) >= 11 is 12.8. The average Bonchev–Trinajstić information content (AvgIpc) is 3.05. The largest absolute Gasteiger partial charge is 0.467 e. The molecule has 2 aromatic heterocycles. The fourth-order valence-electron chi connectivity index (χ4n) is 1.58. The van der Waals surface area contributed by atoms with Gasteiger partial charge in [0.25, 0.3) is 5.91 Å². The quantitative estimate of drug-likeness (QED) is 0.873. The topological polar surface area (TPSA) is 71.3 Å². The number of thiophene rings is 1. The van der Waals surface area contributed by atoms with Crippen LogP contribution in [0.25, 0.3) is 0 Å². The minimum atomic E-state index is -0.706. The zero-order valence-electron chi connectivity index (χ0n) is 11.0. The summed E-state index contributed by atoms with van der Waals surface area (Å²) < 4.78 is 5.81. The highest BCUT2D eigenvalue weighted by molar-refractivity contribution is 7.20. The Hall–Kier alpha value is -1.50.